The van der Waals surface area contributed by atoms with Crippen molar-refractivity contribution in [3.05, 3.63) is 41.1 Å². The molecule has 0 radical (unpaired) electrons. The van der Waals surface area contributed by atoms with Crippen LogP contribution in [-0.4, -0.2) is 15.7 Å². The third-order valence-electron chi connectivity index (χ3n) is 3.80. The highest BCUT2D eigenvalue weighted by Crippen LogP contribution is 2.41. The minimum absolute atomic E-state index is 0.233. The lowest BCUT2D eigenvalue weighted by Crippen LogP contribution is -2.40. The van der Waals surface area contributed by atoms with Gasteiger partial charge in [-0.15, -0.1) is 0 Å². The molecule has 21 heavy (non-hydrogen) atoms. The van der Waals surface area contributed by atoms with Gasteiger partial charge in [0.2, 0.25) is 5.91 Å². The van der Waals surface area contributed by atoms with Gasteiger partial charge in [0.25, 0.3) is 0 Å². The van der Waals surface area contributed by atoms with Crippen LogP contribution in [0.3, 0.4) is 0 Å². The predicted octanol–water partition coefficient (Wildman–Crippen LogP) is 3.27. The number of carbonyl (C=O) groups excluding carboxylic acids is 1. The van der Waals surface area contributed by atoms with Crippen LogP contribution in [0, 0.1) is 16.7 Å². The van der Waals surface area contributed by atoms with E-state index in [-0.39, 0.29) is 5.91 Å². The Hall–Kier alpha value is -2.13. The van der Waals surface area contributed by atoms with E-state index in [0.29, 0.717) is 18.5 Å². The molecule has 1 heterocycles. The molecule has 0 aliphatic heterocycles. The Morgan fingerprint density at radius 2 is 2.19 bits per heavy atom. The lowest BCUT2D eigenvalue weighted by molar-refractivity contribution is -0.126. The van der Waals surface area contributed by atoms with Gasteiger partial charge in [-0.2, -0.15) is 10.4 Å². The maximum Gasteiger partial charge on any atom is 0.244 e. The Balaban J connectivity index is 1.79. The molecule has 0 bridgehead atoms. The average Bonchev–Trinajstić information content (AvgIpc) is 2.87. The van der Waals surface area contributed by atoms with E-state index in [2.05, 4.69) is 32.4 Å². The standard InChI is InChI=1S/C15H13BrN4O/c16-12-4-1-2-5-13(12)20-9-11(8-18-20)19-14(21)15(10-17)6-3-7-15/h1-2,4-5,8-9H,3,6-7H2,(H,19,21). The number of nitrogens with zero attached hydrogens (tertiary/aromatic N) is 3. The van der Waals surface area contributed by atoms with Crippen LogP contribution in [0.15, 0.2) is 41.1 Å². The van der Waals surface area contributed by atoms with Crippen molar-refractivity contribution in [2.75, 3.05) is 5.32 Å². The first kappa shape index (κ1) is 13.8. The van der Waals surface area contributed by atoms with Gasteiger partial charge in [-0.25, -0.2) is 4.68 Å². The minimum Gasteiger partial charge on any atom is -0.322 e. The summed E-state index contributed by atoms with van der Waals surface area (Å²) in [6.45, 7) is 0. The Labute approximate surface area is 130 Å². The van der Waals surface area contributed by atoms with Gasteiger partial charge in [-0.05, 0) is 47.3 Å². The molecule has 0 atom stereocenters. The molecule has 1 saturated carbocycles. The molecule has 1 aromatic carbocycles. The summed E-state index contributed by atoms with van der Waals surface area (Å²) in [6, 6.07) is 9.82. The second kappa shape index (κ2) is 5.34. The Morgan fingerprint density at radius 3 is 2.81 bits per heavy atom. The summed E-state index contributed by atoms with van der Waals surface area (Å²) in [5, 5.41) is 16.2. The molecule has 0 unspecified atom stereocenters. The summed E-state index contributed by atoms with van der Waals surface area (Å²) in [5.74, 6) is -0.233. The van der Waals surface area contributed by atoms with Gasteiger partial charge in [0.1, 0.15) is 5.41 Å². The average molecular weight is 345 g/mol. The summed E-state index contributed by atoms with van der Waals surface area (Å²) in [4.78, 5) is 12.2. The van der Waals surface area contributed by atoms with Crippen molar-refractivity contribution in [1.29, 1.82) is 5.26 Å². The fourth-order valence-corrected chi connectivity index (χ4v) is 2.79. The number of rotatable bonds is 3. The number of nitrogens with one attached hydrogen (secondary N) is 1. The van der Waals surface area contributed by atoms with Crippen molar-refractivity contribution in [3.63, 3.8) is 0 Å². The highest BCUT2D eigenvalue weighted by Gasteiger charge is 2.44. The number of benzene rings is 1. The van der Waals surface area contributed by atoms with Crippen LogP contribution in [0.2, 0.25) is 0 Å². The van der Waals surface area contributed by atoms with E-state index < -0.39 is 5.41 Å². The SMILES string of the molecule is N#CC1(C(=O)Nc2cnn(-c3ccccc3Br)c2)CCC1. The molecular formula is C15H13BrN4O. The first-order valence-electron chi connectivity index (χ1n) is 6.67. The molecule has 1 fully saturated rings. The summed E-state index contributed by atoms with van der Waals surface area (Å²) in [6.07, 6.45) is 5.52. The smallest absolute Gasteiger partial charge is 0.244 e. The van der Waals surface area contributed by atoms with Gasteiger partial charge >= 0.3 is 0 Å². The lowest BCUT2D eigenvalue weighted by atomic mass is 9.69. The summed E-state index contributed by atoms with van der Waals surface area (Å²) < 4.78 is 2.60. The van der Waals surface area contributed by atoms with Crippen molar-refractivity contribution in [2.24, 2.45) is 5.41 Å². The van der Waals surface area contributed by atoms with Gasteiger partial charge in [0.15, 0.2) is 0 Å². The molecule has 0 spiro atoms. The minimum atomic E-state index is -0.852. The van der Waals surface area contributed by atoms with Gasteiger partial charge in [0, 0.05) is 4.47 Å². The second-order valence-electron chi connectivity index (χ2n) is 5.13. The quantitative estimate of drug-likeness (QED) is 0.928. The van der Waals surface area contributed by atoms with Gasteiger partial charge in [-0.1, -0.05) is 12.1 Å². The molecule has 0 saturated heterocycles. The van der Waals surface area contributed by atoms with Crippen LogP contribution in [0.4, 0.5) is 5.69 Å². The fourth-order valence-electron chi connectivity index (χ4n) is 2.33. The third-order valence-corrected chi connectivity index (χ3v) is 4.47. The highest BCUT2D eigenvalue weighted by molar-refractivity contribution is 9.10. The third kappa shape index (κ3) is 2.45. The Kier molecular flexibility index (Phi) is 3.52. The maximum absolute atomic E-state index is 12.2. The second-order valence-corrected chi connectivity index (χ2v) is 5.98. The number of anilines is 1. The Morgan fingerprint density at radius 1 is 1.43 bits per heavy atom. The highest BCUT2D eigenvalue weighted by atomic mass is 79.9. The number of hydrogen-bond donors (Lipinski definition) is 1. The number of hydrogen-bond acceptors (Lipinski definition) is 3. The molecule has 1 aliphatic carbocycles. The number of carbonyl (C=O) groups is 1. The zero-order valence-electron chi connectivity index (χ0n) is 11.2. The largest absolute Gasteiger partial charge is 0.322 e. The molecular weight excluding hydrogens is 332 g/mol. The van der Waals surface area contributed by atoms with Crippen molar-refractivity contribution in [1.82, 2.24) is 9.78 Å². The molecule has 1 amide bonds. The molecule has 3 rings (SSSR count). The number of halogens is 1. The van der Waals surface area contributed by atoms with Crippen LogP contribution in [0.25, 0.3) is 5.69 Å². The Bertz CT molecular complexity index is 727. The van der Waals surface area contributed by atoms with E-state index in [4.69, 9.17) is 5.26 Å². The van der Waals surface area contributed by atoms with E-state index in [1.807, 2.05) is 24.3 Å². The summed E-state index contributed by atoms with van der Waals surface area (Å²) in [7, 11) is 0. The van der Waals surface area contributed by atoms with E-state index in [1.165, 1.54) is 0 Å². The monoisotopic (exact) mass is 344 g/mol. The summed E-state index contributed by atoms with van der Waals surface area (Å²) in [5.41, 5.74) is 0.629. The number of nitriles is 1. The van der Waals surface area contributed by atoms with Gasteiger partial charge < -0.3 is 5.32 Å². The zero-order valence-corrected chi connectivity index (χ0v) is 12.8. The van der Waals surface area contributed by atoms with Crippen LogP contribution in [-0.2, 0) is 4.79 Å². The van der Waals surface area contributed by atoms with E-state index >= 15 is 0 Å². The topological polar surface area (TPSA) is 70.7 Å². The van der Waals surface area contributed by atoms with E-state index in [1.54, 1.807) is 17.1 Å². The van der Waals surface area contributed by atoms with Gasteiger partial charge in [0.05, 0.1) is 29.8 Å². The fraction of sp³-hybridized carbons (Fsp3) is 0.267. The van der Waals surface area contributed by atoms with Crippen molar-refractivity contribution in [2.45, 2.75) is 19.3 Å². The molecule has 5 nitrogen and oxygen atoms in total. The van der Waals surface area contributed by atoms with Crippen molar-refractivity contribution < 1.29 is 4.79 Å². The van der Waals surface area contributed by atoms with Gasteiger partial charge in [-0.3, -0.25) is 4.79 Å². The van der Waals surface area contributed by atoms with Crippen LogP contribution >= 0.6 is 15.9 Å². The summed E-state index contributed by atoms with van der Waals surface area (Å²) >= 11 is 3.47. The zero-order chi connectivity index (χ0) is 14.9. The van der Waals surface area contributed by atoms with Crippen molar-refractivity contribution >= 4 is 27.5 Å². The van der Waals surface area contributed by atoms with Crippen LogP contribution in [0.5, 0.6) is 0 Å². The van der Waals surface area contributed by atoms with E-state index in [0.717, 1.165) is 16.6 Å². The lowest BCUT2D eigenvalue weighted by Gasteiger charge is -2.33. The molecule has 106 valence electrons. The van der Waals surface area contributed by atoms with Crippen LogP contribution < -0.4 is 5.32 Å². The normalized spacial score (nSPS) is 15.8. The number of amides is 1. The first-order chi connectivity index (χ1) is 10.1. The number of aromatic nitrogens is 2. The number of para-hydroxylation sites is 1. The maximum atomic E-state index is 12.2. The van der Waals surface area contributed by atoms with Crippen molar-refractivity contribution in [3.8, 4) is 11.8 Å². The predicted molar refractivity (Wildman–Crippen MR) is 81.8 cm³/mol. The molecule has 1 aromatic heterocycles. The molecule has 1 aliphatic rings. The first-order valence-corrected chi connectivity index (χ1v) is 7.46. The van der Waals surface area contributed by atoms with E-state index in [9.17, 15) is 4.79 Å². The van der Waals surface area contributed by atoms with Crippen LogP contribution in [0.1, 0.15) is 19.3 Å². The molecule has 2 aromatic rings. The molecule has 6 heteroatoms. The molecule has 1 N–H and O–H groups in total.